The fraction of sp³-hybridized carbons (Fsp3) is 0.600. The SMILES string of the molecule is CCCCCC1CCC(c2ccc(C(F)(F)Oc3cc(CC)c(O)c(C(C)(C)C)c3)cc2)CC1. The van der Waals surface area contributed by atoms with Crippen molar-refractivity contribution in [3.05, 3.63) is 58.7 Å². The van der Waals surface area contributed by atoms with Gasteiger partial charge in [-0.2, -0.15) is 8.78 Å². The predicted molar refractivity (Wildman–Crippen MR) is 136 cm³/mol. The van der Waals surface area contributed by atoms with Gasteiger partial charge in [-0.1, -0.05) is 72.4 Å². The van der Waals surface area contributed by atoms with Gasteiger partial charge in [0, 0.05) is 5.56 Å². The maximum Gasteiger partial charge on any atom is 0.426 e. The smallest absolute Gasteiger partial charge is 0.426 e. The van der Waals surface area contributed by atoms with E-state index < -0.39 is 6.11 Å². The first-order valence-corrected chi connectivity index (χ1v) is 13.1. The van der Waals surface area contributed by atoms with Gasteiger partial charge in [0.15, 0.2) is 0 Å². The third-order valence-electron chi connectivity index (χ3n) is 7.38. The van der Waals surface area contributed by atoms with Gasteiger partial charge >= 0.3 is 6.11 Å². The molecule has 0 saturated heterocycles. The monoisotopic (exact) mass is 472 g/mol. The molecule has 1 fully saturated rings. The van der Waals surface area contributed by atoms with Crippen LogP contribution in [-0.4, -0.2) is 5.11 Å². The highest BCUT2D eigenvalue weighted by Crippen LogP contribution is 2.41. The summed E-state index contributed by atoms with van der Waals surface area (Å²) in [5.74, 6) is 1.53. The minimum Gasteiger partial charge on any atom is -0.507 e. The number of halogens is 2. The van der Waals surface area contributed by atoms with Crippen molar-refractivity contribution in [3.63, 3.8) is 0 Å². The van der Waals surface area contributed by atoms with Crippen LogP contribution in [0.2, 0.25) is 0 Å². The Balaban J connectivity index is 1.69. The summed E-state index contributed by atoms with van der Waals surface area (Å²) in [4.78, 5) is 0. The van der Waals surface area contributed by atoms with Gasteiger partial charge in [0.2, 0.25) is 0 Å². The third kappa shape index (κ3) is 6.52. The second-order valence-corrected chi connectivity index (χ2v) is 11.0. The zero-order chi connectivity index (χ0) is 24.9. The van der Waals surface area contributed by atoms with Gasteiger partial charge < -0.3 is 9.84 Å². The average molecular weight is 473 g/mol. The number of hydrogen-bond acceptors (Lipinski definition) is 2. The van der Waals surface area contributed by atoms with Crippen LogP contribution in [0.1, 0.15) is 114 Å². The topological polar surface area (TPSA) is 29.5 Å². The van der Waals surface area contributed by atoms with Crippen molar-refractivity contribution in [1.82, 2.24) is 0 Å². The highest BCUT2D eigenvalue weighted by Gasteiger charge is 2.35. The summed E-state index contributed by atoms with van der Waals surface area (Å²) in [6, 6.07) is 9.78. The van der Waals surface area contributed by atoms with Crippen molar-refractivity contribution in [2.75, 3.05) is 0 Å². The molecule has 3 rings (SSSR count). The standard InChI is InChI=1S/C30H42F2O2/c1-6-8-9-10-21-11-13-23(14-12-21)24-15-17-25(18-16-24)30(31,32)34-26-19-22(7-2)28(33)27(20-26)29(3,4)5/h15-21,23,33H,6-14H2,1-5H3. The molecule has 0 spiro atoms. The lowest BCUT2D eigenvalue weighted by atomic mass is 9.77. The molecule has 1 aliphatic carbocycles. The Bertz CT molecular complexity index is 920. The summed E-state index contributed by atoms with van der Waals surface area (Å²) < 4.78 is 35.4. The molecule has 34 heavy (non-hydrogen) atoms. The van der Waals surface area contributed by atoms with Crippen LogP contribution in [0, 0.1) is 5.92 Å². The molecule has 0 amide bonds. The van der Waals surface area contributed by atoms with E-state index in [-0.39, 0.29) is 22.5 Å². The molecule has 1 aliphatic rings. The van der Waals surface area contributed by atoms with Crippen LogP contribution in [0.4, 0.5) is 8.78 Å². The first-order valence-electron chi connectivity index (χ1n) is 13.1. The van der Waals surface area contributed by atoms with Gasteiger partial charge in [-0.25, -0.2) is 0 Å². The molecule has 0 unspecified atom stereocenters. The fourth-order valence-electron chi connectivity index (χ4n) is 5.19. The molecular formula is C30H42F2O2. The summed E-state index contributed by atoms with van der Waals surface area (Å²) in [5.41, 5.74) is 1.84. The largest absolute Gasteiger partial charge is 0.507 e. The zero-order valence-corrected chi connectivity index (χ0v) is 21.6. The Morgan fingerprint density at radius 2 is 1.59 bits per heavy atom. The van der Waals surface area contributed by atoms with Gasteiger partial charge in [-0.05, 0) is 84.7 Å². The summed E-state index contributed by atoms with van der Waals surface area (Å²) >= 11 is 0. The molecule has 2 aromatic carbocycles. The molecule has 1 N–H and O–H groups in total. The second kappa shape index (κ2) is 11.1. The highest BCUT2D eigenvalue weighted by atomic mass is 19.3. The number of phenols is 1. The third-order valence-corrected chi connectivity index (χ3v) is 7.38. The predicted octanol–water partition coefficient (Wildman–Crippen LogP) is 9.23. The van der Waals surface area contributed by atoms with Crippen molar-refractivity contribution in [1.29, 1.82) is 0 Å². The van der Waals surface area contributed by atoms with Crippen LogP contribution in [0.3, 0.4) is 0 Å². The summed E-state index contributed by atoms with van der Waals surface area (Å²) in [7, 11) is 0. The lowest BCUT2D eigenvalue weighted by Gasteiger charge is -2.29. The Morgan fingerprint density at radius 3 is 2.15 bits per heavy atom. The lowest BCUT2D eigenvalue weighted by molar-refractivity contribution is -0.185. The van der Waals surface area contributed by atoms with Crippen molar-refractivity contribution < 1.29 is 18.6 Å². The summed E-state index contributed by atoms with van der Waals surface area (Å²) in [6.07, 6.45) is 7.10. The van der Waals surface area contributed by atoms with E-state index in [9.17, 15) is 5.11 Å². The molecule has 2 nitrogen and oxygen atoms in total. The molecule has 0 heterocycles. The number of alkyl halides is 2. The number of aryl methyl sites for hydroxylation is 1. The Kier molecular flexibility index (Phi) is 8.65. The molecule has 188 valence electrons. The van der Waals surface area contributed by atoms with Crippen molar-refractivity contribution in [3.8, 4) is 11.5 Å². The van der Waals surface area contributed by atoms with Crippen molar-refractivity contribution >= 4 is 0 Å². The van der Waals surface area contributed by atoms with Gasteiger partial charge in [-0.15, -0.1) is 0 Å². The Hall–Kier alpha value is -2.10. The number of benzene rings is 2. The van der Waals surface area contributed by atoms with Crippen LogP contribution >= 0.6 is 0 Å². The number of hydrogen-bond donors (Lipinski definition) is 1. The maximum atomic E-state index is 15.1. The summed E-state index contributed by atoms with van der Waals surface area (Å²) in [6.45, 7) is 9.97. The molecular weight excluding hydrogens is 430 g/mol. The molecule has 2 aromatic rings. The Morgan fingerprint density at radius 1 is 0.941 bits per heavy atom. The normalized spacial score (nSPS) is 19.3. The van der Waals surface area contributed by atoms with E-state index in [1.165, 1.54) is 62.8 Å². The van der Waals surface area contributed by atoms with Crippen LogP contribution in [0.5, 0.6) is 11.5 Å². The Labute approximate surface area is 204 Å². The van der Waals surface area contributed by atoms with Gasteiger partial charge in [0.25, 0.3) is 0 Å². The first-order chi connectivity index (χ1) is 16.0. The van der Waals surface area contributed by atoms with Gasteiger partial charge in [0.05, 0.1) is 5.56 Å². The molecule has 0 radical (unpaired) electrons. The first kappa shape index (κ1) is 26.5. The molecule has 0 bridgehead atoms. The molecule has 0 aromatic heterocycles. The van der Waals surface area contributed by atoms with Crippen molar-refractivity contribution in [2.24, 2.45) is 5.92 Å². The van der Waals surface area contributed by atoms with Crippen LogP contribution in [0.15, 0.2) is 36.4 Å². The minimum absolute atomic E-state index is 0.0787. The average Bonchev–Trinajstić information content (AvgIpc) is 2.80. The van der Waals surface area contributed by atoms with Gasteiger partial charge in [0.1, 0.15) is 11.5 Å². The minimum atomic E-state index is -3.45. The number of phenolic OH excluding ortho intramolecular Hbond substituents is 1. The van der Waals surface area contributed by atoms with Crippen LogP contribution < -0.4 is 4.74 Å². The van der Waals surface area contributed by atoms with Crippen molar-refractivity contribution in [2.45, 2.75) is 110 Å². The van der Waals surface area contributed by atoms with Crippen LogP contribution in [-0.2, 0) is 17.9 Å². The quantitative estimate of drug-likeness (QED) is 0.369. The number of rotatable bonds is 9. The van der Waals surface area contributed by atoms with E-state index in [0.717, 1.165) is 24.3 Å². The number of aromatic hydroxyl groups is 1. The van der Waals surface area contributed by atoms with E-state index in [1.807, 2.05) is 39.8 Å². The van der Waals surface area contributed by atoms with Crippen LogP contribution in [0.25, 0.3) is 0 Å². The van der Waals surface area contributed by atoms with E-state index in [0.29, 0.717) is 23.5 Å². The van der Waals surface area contributed by atoms with E-state index in [2.05, 4.69) is 6.92 Å². The molecule has 1 saturated carbocycles. The molecule has 4 heteroatoms. The zero-order valence-electron chi connectivity index (χ0n) is 21.6. The fourth-order valence-corrected chi connectivity index (χ4v) is 5.19. The molecule has 0 atom stereocenters. The van der Waals surface area contributed by atoms with E-state index in [1.54, 1.807) is 0 Å². The van der Waals surface area contributed by atoms with E-state index >= 15 is 8.78 Å². The lowest BCUT2D eigenvalue weighted by Crippen LogP contribution is -2.23. The number of ether oxygens (including phenoxy) is 1. The highest BCUT2D eigenvalue weighted by molar-refractivity contribution is 5.49. The summed E-state index contributed by atoms with van der Waals surface area (Å²) in [5, 5.41) is 10.5. The number of unbranched alkanes of at least 4 members (excludes halogenated alkanes) is 2. The van der Waals surface area contributed by atoms with Gasteiger partial charge in [-0.3, -0.25) is 0 Å². The van der Waals surface area contributed by atoms with E-state index in [4.69, 9.17) is 4.74 Å². The maximum absolute atomic E-state index is 15.1. The molecule has 0 aliphatic heterocycles. The second-order valence-electron chi connectivity index (χ2n) is 11.0.